The molecule has 1 rings (SSSR count). The zero-order chi connectivity index (χ0) is 16.8. The number of hydrogen-bond donors (Lipinski definition) is 1. The molecule has 1 N–H and O–H groups in total. The maximum atomic E-state index is 11.9. The van der Waals surface area contributed by atoms with Crippen molar-refractivity contribution >= 4 is 11.7 Å². The fourth-order valence-corrected chi connectivity index (χ4v) is 2.79. The quantitative estimate of drug-likeness (QED) is 0.382. The molecule has 23 heavy (non-hydrogen) atoms. The number of methoxy groups -OCH3 is 1. The Bertz CT molecular complexity index is 405. The third-order valence-corrected chi connectivity index (χ3v) is 4.20. The van der Waals surface area contributed by atoms with Gasteiger partial charge in [0.1, 0.15) is 6.04 Å². The Morgan fingerprint density at radius 3 is 2.09 bits per heavy atom. The van der Waals surface area contributed by atoms with E-state index in [2.05, 4.69) is 12.2 Å². The molecule has 1 aromatic rings. The first-order valence-electron chi connectivity index (χ1n) is 9.17. The van der Waals surface area contributed by atoms with Crippen LogP contribution in [0.25, 0.3) is 0 Å². The molecule has 0 saturated heterocycles. The highest BCUT2D eigenvalue weighted by Gasteiger charge is 2.18. The van der Waals surface area contributed by atoms with Gasteiger partial charge in [-0.25, -0.2) is 4.79 Å². The van der Waals surface area contributed by atoms with Gasteiger partial charge in [0.2, 0.25) is 0 Å². The van der Waals surface area contributed by atoms with Crippen molar-refractivity contribution in [2.24, 2.45) is 0 Å². The number of anilines is 1. The van der Waals surface area contributed by atoms with E-state index >= 15 is 0 Å². The van der Waals surface area contributed by atoms with Gasteiger partial charge in [-0.3, -0.25) is 0 Å². The Balaban J connectivity index is 2.18. The van der Waals surface area contributed by atoms with Gasteiger partial charge in [0.15, 0.2) is 0 Å². The first kappa shape index (κ1) is 19.5. The molecule has 0 heterocycles. The normalized spacial score (nSPS) is 11.9. The number of nitrogens with one attached hydrogen (secondary N) is 1. The van der Waals surface area contributed by atoms with E-state index in [4.69, 9.17) is 4.74 Å². The van der Waals surface area contributed by atoms with Gasteiger partial charge in [-0.1, -0.05) is 82.9 Å². The lowest BCUT2D eigenvalue weighted by Crippen LogP contribution is -2.30. The van der Waals surface area contributed by atoms with E-state index < -0.39 is 0 Å². The Labute approximate surface area is 141 Å². The van der Waals surface area contributed by atoms with Crippen molar-refractivity contribution in [1.82, 2.24) is 0 Å². The minimum absolute atomic E-state index is 0.173. The summed E-state index contributed by atoms with van der Waals surface area (Å²) in [6.07, 6.45) is 12.4. The highest BCUT2D eigenvalue weighted by Crippen LogP contribution is 2.15. The van der Waals surface area contributed by atoms with Gasteiger partial charge < -0.3 is 10.1 Å². The van der Waals surface area contributed by atoms with Crippen molar-refractivity contribution in [2.45, 2.75) is 77.2 Å². The summed E-state index contributed by atoms with van der Waals surface area (Å²) in [6, 6.07) is 9.62. The van der Waals surface area contributed by atoms with Gasteiger partial charge in [-0.2, -0.15) is 0 Å². The van der Waals surface area contributed by atoms with Gasteiger partial charge in [0, 0.05) is 5.69 Å². The van der Waals surface area contributed by atoms with Crippen LogP contribution in [-0.4, -0.2) is 19.1 Å². The highest BCUT2D eigenvalue weighted by atomic mass is 16.5. The zero-order valence-corrected chi connectivity index (χ0v) is 14.9. The van der Waals surface area contributed by atoms with Gasteiger partial charge >= 0.3 is 5.97 Å². The average molecular weight is 319 g/mol. The number of rotatable bonds is 13. The van der Waals surface area contributed by atoms with Crippen LogP contribution in [0.4, 0.5) is 5.69 Å². The minimum atomic E-state index is -0.244. The second-order valence-electron chi connectivity index (χ2n) is 6.20. The molecule has 3 heteroatoms. The van der Waals surface area contributed by atoms with E-state index in [-0.39, 0.29) is 12.0 Å². The number of carbonyl (C=O) groups is 1. The molecule has 130 valence electrons. The molecule has 1 aromatic carbocycles. The van der Waals surface area contributed by atoms with Crippen LogP contribution in [0.1, 0.15) is 71.1 Å². The van der Waals surface area contributed by atoms with Crippen molar-refractivity contribution in [3.8, 4) is 0 Å². The molecule has 1 atom stereocenters. The van der Waals surface area contributed by atoms with Crippen molar-refractivity contribution in [1.29, 1.82) is 0 Å². The molecule has 0 aliphatic heterocycles. The monoisotopic (exact) mass is 319 g/mol. The molecular formula is C20H33NO2. The Morgan fingerprint density at radius 1 is 0.957 bits per heavy atom. The summed E-state index contributed by atoms with van der Waals surface area (Å²) in [5, 5.41) is 3.28. The van der Waals surface area contributed by atoms with Gasteiger partial charge in [-0.05, 0) is 18.6 Å². The minimum Gasteiger partial charge on any atom is -0.467 e. The summed E-state index contributed by atoms with van der Waals surface area (Å²) < 4.78 is 4.92. The molecule has 0 spiro atoms. The molecule has 0 bridgehead atoms. The lowest BCUT2D eigenvalue weighted by Gasteiger charge is -2.17. The van der Waals surface area contributed by atoms with E-state index in [9.17, 15) is 4.79 Å². The summed E-state index contributed by atoms with van der Waals surface area (Å²) >= 11 is 0. The second-order valence-corrected chi connectivity index (χ2v) is 6.20. The van der Waals surface area contributed by atoms with Crippen LogP contribution < -0.4 is 5.32 Å². The Morgan fingerprint density at radius 2 is 1.52 bits per heavy atom. The summed E-state index contributed by atoms with van der Waals surface area (Å²) in [6.45, 7) is 2.25. The second kappa shape index (κ2) is 13.0. The first-order chi connectivity index (χ1) is 11.3. The standard InChI is InChI=1S/C20H33NO2/c1-3-4-5-6-7-8-9-10-14-17-19(20(22)23-2)21-18-15-12-11-13-16-18/h11-13,15-16,19,21H,3-10,14,17H2,1-2H3/t19-/m1/s1. The number of esters is 1. The van der Waals surface area contributed by atoms with Crippen molar-refractivity contribution in [2.75, 3.05) is 12.4 Å². The SMILES string of the molecule is CCCCCCCCCCC[C@@H](Nc1ccccc1)C(=O)OC. The molecule has 0 aliphatic carbocycles. The Kier molecular flexibility index (Phi) is 11.0. The summed E-state index contributed by atoms with van der Waals surface area (Å²) in [4.78, 5) is 11.9. The van der Waals surface area contributed by atoms with E-state index in [1.807, 2.05) is 30.3 Å². The van der Waals surface area contributed by atoms with Crippen LogP contribution in [0, 0.1) is 0 Å². The topological polar surface area (TPSA) is 38.3 Å². The van der Waals surface area contributed by atoms with Gasteiger partial charge in [0.05, 0.1) is 7.11 Å². The first-order valence-corrected chi connectivity index (χ1v) is 9.17. The molecular weight excluding hydrogens is 286 g/mol. The predicted molar refractivity (Wildman–Crippen MR) is 97.7 cm³/mol. The van der Waals surface area contributed by atoms with Gasteiger partial charge in [0.25, 0.3) is 0 Å². The van der Waals surface area contributed by atoms with Gasteiger partial charge in [-0.15, -0.1) is 0 Å². The number of unbranched alkanes of at least 4 members (excludes halogenated alkanes) is 8. The lowest BCUT2D eigenvalue weighted by atomic mass is 10.0. The van der Waals surface area contributed by atoms with Crippen LogP contribution in [0.3, 0.4) is 0 Å². The molecule has 0 saturated carbocycles. The molecule has 0 unspecified atom stereocenters. The van der Waals surface area contributed by atoms with E-state index in [0.717, 1.165) is 18.5 Å². The Hall–Kier alpha value is -1.51. The summed E-state index contributed by atoms with van der Waals surface area (Å²) in [5.74, 6) is -0.173. The van der Waals surface area contributed by atoms with E-state index in [1.54, 1.807) is 0 Å². The van der Waals surface area contributed by atoms with Crippen molar-refractivity contribution < 1.29 is 9.53 Å². The molecule has 0 aromatic heterocycles. The fourth-order valence-electron chi connectivity index (χ4n) is 2.79. The third kappa shape index (κ3) is 9.27. The maximum Gasteiger partial charge on any atom is 0.328 e. The van der Waals surface area contributed by atoms with Crippen LogP contribution in [0.15, 0.2) is 30.3 Å². The number of carbonyl (C=O) groups excluding carboxylic acids is 1. The average Bonchev–Trinajstić information content (AvgIpc) is 2.59. The molecule has 0 amide bonds. The number of ether oxygens (including phenoxy) is 1. The van der Waals surface area contributed by atoms with Crippen LogP contribution in [0.5, 0.6) is 0 Å². The van der Waals surface area contributed by atoms with Crippen molar-refractivity contribution in [3.05, 3.63) is 30.3 Å². The number of benzene rings is 1. The fraction of sp³-hybridized carbons (Fsp3) is 0.650. The largest absolute Gasteiger partial charge is 0.467 e. The number of para-hydroxylation sites is 1. The predicted octanol–water partition coefficient (Wildman–Crippen LogP) is 5.56. The summed E-state index contributed by atoms with van der Waals surface area (Å²) in [5.41, 5.74) is 0.971. The molecule has 3 nitrogen and oxygen atoms in total. The van der Waals surface area contributed by atoms with E-state index in [1.165, 1.54) is 58.5 Å². The molecule has 0 radical (unpaired) electrons. The highest BCUT2D eigenvalue weighted by molar-refractivity contribution is 5.79. The molecule has 0 aliphatic rings. The third-order valence-electron chi connectivity index (χ3n) is 4.20. The smallest absolute Gasteiger partial charge is 0.328 e. The zero-order valence-electron chi connectivity index (χ0n) is 14.9. The molecule has 0 fully saturated rings. The number of hydrogen-bond acceptors (Lipinski definition) is 3. The van der Waals surface area contributed by atoms with Crippen LogP contribution in [-0.2, 0) is 9.53 Å². The van der Waals surface area contributed by atoms with Crippen LogP contribution >= 0.6 is 0 Å². The van der Waals surface area contributed by atoms with Crippen molar-refractivity contribution in [3.63, 3.8) is 0 Å². The maximum absolute atomic E-state index is 11.9. The van der Waals surface area contributed by atoms with E-state index in [0.29, 0.717) is 0 Å². The lowest BCUT2D eigenvalue weighted by molar-refractivity contribution is -0.141. The van der Waals surface area contributed by atoms with Crippen LogP contribution in [0.2, 0.25) is 0 Å². The summed E-state index contributed by atoms with van der Waals surface area (Å²) in [7, 11) is 1.46.